The summed E-state index contributed by atoms with van der Waals surface area (Å²) < 4.78 is 0.370. The number of Topliss-reactive ketones (excluding diaryl/α,β-unsaturated/α-hetero) is 1. The van der Waals surface area contributed by atoms with Crippen molar-refractivity contribution in [1.82, 2.24) is 4.90 Å². The summed E-state index contributed by atoms with van der Waals surface area (Å²) in [6.45, 7) is 1.50. The molecule has 70 valence electrons. The Morgan fingerprint density at radius 3 is 2.00 bits per heavy atom. The van der Waals surface area contributed by atoms with E-state index in [9.17, 15) is 4.79 Å². The highest BCUT2D eigenvalue weighted by Crippen LogP contribution is 2.20. The van der Waals surface area contributed by atoms with Crippen LogP contribution in [0, 0.1) is 0 Å². The molecule has 0 fully saturated rings. The Kier molecular flexibility index (Phi) is 4.76. The molecule has 2 nitrogen and oxygen atoms in total. The first-order valence-corrected chi connectivity index (χ1v) is 4.91. The Morgan fingerprint density at radius 2 is 2.00 bits per heavy atom. The van der Waals surface area contributed by atoms with Gasteiger partial charge in [-0.1, -0.05) is 12.2 Å². The summed E-state index contributed by atoms with van der Waals surface area (Å²) in [7, 11) is 3.58. The monoisotopic (exact) mass is 223 g/mol. The van der Waals surface area contributed by atoms with E-state index in [2.05, 4.69) is 25.3 Å². The largest absolute Gasteiger partial charge is 0.297 e. The zero-order chi connectivity index (χ0) is 9.94. The quantitative estimate of drug-likeness (QED) is 0.549. The van der Waals surface area contributed by atoms with Gasteiger partial charge in [0.25, 0.3) is 0 Å². The van der Waals surface area contributed by atoms with Gasteiger partial charge in [0.05, 0.1) is 4.20 Å². The zero-order valence-electron chi connectivity index (χ0n) is 7.37. The third kappa shape index (κ3) is 2.02. The molecule has 0 aliphatic heterocycles. The first-order chi connectivity index (χ1) is 5.39. The molecule has 1 atom stereocenters. The predicted octanol–water partition coefficient (Wildman–Crippen LogP) is 1.06. The molecule has 0 rings (SSSR count). The summed E-state index contributed by atoms with van der Waals surface area (Å²) in [4.78, 5) is 13.1. The molecular weight excluding hydrogens is 210 g/mol. The fourth-order valence-corrected chi connectivity index (χ4v) is 2.71. The third-order valence-corrected chi connectivity index (χ3v) is 3.09. The van der Waals surface area contributed by atoms with Crippen LogP contribution in [0.25, 0.3) is 0 Å². The Balaban J connectivity index is 5.04. The maximum atomic E-state index is 11.4. The van der Waals surface area contributed by atoms with Crippen LogP contribution in [0.2, 0.25) is 0 Å². The summed E-state index contributed by atoms with van der Waals surface area (Å²) >= 11 is 13.1. The number of nitrogens with zero attached hydrogens (tertiary/aromatic N) is 1. The van der Waals surface area contributed by atoms with Gasteiger partial charge in [-0.25, -0.2) is 0 Å². The van der Waals surface area contributed by atoms with Crippen molar-refractivity contribution in [2.24, 2.45) is 0 Å². The zero-order valence-corrected chi connectivity index (χ0v) is 9.97. The minimum Gasteiger partial charge on any atom is -0.297 e. The van der Waals surface area contributed by atoms with E-state index in [1.54, 1.807) is 19.0 Å². The van der Waals surface area contributed by atoms with Crippen molar-refractivity contribution in [3.63, 3.8) is 0 Å². The van der Waals surface area contributed by atoms with Gasteiger partial charge in [0.15, 0.2) is 5.78 Å². The van der Waals surface area contributed by atoms with Crippen LogP contribution in [0.3, 0.4) is 0 Å². The number of rotatable bonds is 4. The lowest BCUT2D eigenvalue weighted by Gasteiger charge is -2.35. The summed E-state index contributed by atoms with van der Waals surface area (Å²) in [5.74, 6) is 0.333. The molecule has 0 aromatic heterocycles. The fourth-order valence-electron chi connectivity index (χ4n) is 0.977. The number of thiol groups is 2. The van der Waals surface area contributed by atoms with Crippen molar-refractivity contribution in [3.05, 3.63) is 0 Å². The normalized spacial score (nSPS) is 15.8. The van der Waals surface area contributed by atoms with Gasteiger partial charge >= 0.3 is 0 Å². The maximum absolute atomic E-state index is 11.4. The smallest absolute Gasteiger partial charge is 0.156 e. The lowest BCUT2D eigenvalue weighted by atomic mass is 9.98. The van der Waals surface area contributed by atoms with Gasteiger partial charge in [-0.3, -0.25) is 9.69 Å². The lowest BCUT2D eigenvalue weighted by Crippen LogP contribution is -2.56. The van der Waals surface area contributed by atoms with Crippen molar-refractivity contribution in [3.8, 4) is 0 Å². The number of hydrogen-bond donors (Lipinski definition) is 2. The van der Waals surface area contributed by atoms with E-state index in [0.29, 0.717) is 9.95 Å². The van der Waals surface area contributed by atoms with Crippen molar-refractivity contribution >= 4 is 47.5 Å². The van der Waals surface area contributed by atoms with E-state index < -0.39 is 5.54 Å². The number of carbonyl (C=O) groups excluding carboxylic acids is 1. The summed E-state index contributed by atoms with van der Waals surface area (Å²) in [5.41, 5.74) is -0.804. The van der Waals surface area contributed by atoms with Crippen LogP contribution in [-0.2, 0) is 4.79 Å². The van der Waals surface area contributed by atoms with Crippen LogP contribution in [0.1, 0.15) is 6.92 Å². The van der Waals surface area contributed by atoms with Crippen LogP contribution in [0.5, 0.6) is 0 Å². The summed E-state index contributed by atoms with van der Waals surface area (Å²) in [5, 5.41) is 0. The molecule has 0 unspecified atom stereocenters. The Bertz CT molecular complexity index is 189. The lowest BCUT2D eigenvalue weighted by molar-refractivity contribution is -0.122. The minimum atomic E-state index is -0.804. The van der Waals surface area contributed by atoms with Gasteiger partial charge in [-0.05, 0) is 21.0 Å². The highest BCUT2D eigenvalue weighted by atomic mass is 32.1. The molecular formula is C7H13NOS3. The second-order valence-corrected chi connectivity index (χ2v) is 4.25. The maximum Gasteiger partial charge on any atom is 0.156 e. The molecule has 0 N–H and O–H groups in total. The molecule has 0 amide bonds. The van der Waals surface area contributed by atoms with Crippen molar-refractivity contribution < 1.29 is 4.79 Å². The molecule has 0 bridgehead atoms. The molecule has 0 radical (unpaired) electrons. The van der Waals surface area contributed by atoms with Gasteiger partial charge in [-0.2, -0.15) is 12.6 Å². The molecule has 0 saturated carbocycles. The topological polar surface area (TPSA) is 20.3 Å². The Morgan fingerprint density at radius 1 is 1.58 bits per heavy atom. The van der Waals surface area contributed by atoms with Crippen LogP contribution in [-0.4, -0.2) is 40.3 Å². The molecule has 0 aromatic rings. The van der Waals surface area contributed by atoms with E-state index >= 15 is 0 Å². The number of hydrogen-bond acceptors (Lipinski definition) is 4. The molecule has 0 heterocycles. The second kappa shape index (κ2) is 4.60. The Hall–Kier alpha value is 0.420. The van der Waals surface area contributed by atoms with Gasteiger partial charge in [0, 0.05) is 5.75 Å². The van der Waals surface area contributed by atoms with Crippen molar-refractivity contribution in [2.45, 2.75) is 12.5 Å². The second-order valence-electron chi connectivity index (χ2n) is 2.77. The van der Waals surface area contributed by atoms with Crippen LogP contribution in [0.4, 0.5) is 0 Å². The molecule has 0 spiro atoms. The predicted molar refractivity (Wildman–Crippen MR) is 62.5 cm³/mol. The van der Waals surface area contributed by atoms with Gasteiger partial charge in [0.2, 0.25) is 0 Å². The standard InChI is InChI=1S/C7H13NOS3/c1-5(9)7(4-10,6(11)12)8(2)3/h10H,4H2,1-3H3,(H,11,12)/t7-/m0/s1. The number of carbonyl (C=O) groups is 1. The van der Waals surface area contributed by atoms with E-state index in [-0.39, 0.29) is 5.78 Å². The number of ketones is 1. The first-order valence-electron chi connectivity index (χ1n) is 3.42. The third-order valence-electron chi connectivity index (χ3n) is 1.93. The van der Waals surface area contributed by atoms with E-state index in [1.807, 2.05) is 0 Å². The minimum absolute atomic E-state index is 0.0255. The van der Waals surface area contributed by atoms with Crippen molar-refractivity contribution in [1.29, 1.82) is 0 Å². The molecule has 12 heavy (non-hydrogen) atoms. The van der Waals surface area contributed by atoms with Gasteiger partial charge < -0.3 is 0 Å². The summed E-state index contributed by atoms with van der Waals surface area (Å²) in [6.07, 6.45) is 0. The van der Waals surface area contributed by atoms with Crippen LogP contribution >= 0.6 is 37.5 Å². The van der Waals surface area contributed by atoms with Crippen molar-refractivity contribution in [2.75, 3.05) is 19.8 Å². The fraction of sp³-hybridized carbons (Fsp3) is 0.714. The molecule has 5 heteroatoms. The highest BCUT2D eigenvalue weighted by Gasteiger charge is 2.39. The van der Waals surface area contributed by atoms with E-state index in [4.69, 9.17) is 12.2 Å². The molecule has 0 aliphatic carbocycles. The summed E-state index contributed by atoms with van der Waals surface area (Å²) in [6, 6.07) is 0. The molecule has 0 saturated heterocycles. The van der Waals surface area contributed by atoms with Gasteiger partial charge in [-0.15, -0.1) is 12.6 Å². The average molecular weight is 223 g/mol. The van der Waals surface area contributed by atoms with E-state index in [1.165, 1.54) is 6.92 Å². The van der Waals surface area contributed by atoms with E-state index in [0.717, 1.165) is 0 Å². The average Bonchev–Trinajstić information content (AvgIpc) is 1.86. The highest BCUT2D eigenvalue weighted by molar-refractivity contribution is 8.11. The SMILES string of the molecule is CC(=O)[C@@](CS)(C(=S)S)N(C)C. The van der Waals surface area contributed by atoms with Crippen LogP contribution in [0.15, 0.2) is 0 Å². The number of likely N-dealkylation sites (N-methyl/N-ethyl adjacent to an activating group) is 1. The Labute approximate surface area is 89.5 Å². The number of thiocarbonyl (C=S) groups is 1. The van der Waals surface area contributed by atoms with Gasteiger partial charge in [0.1, 0.15) is 5.54 Å². The van der Waals surface area contributed by atoms with Crippen LogP contribution < -0.4 is 0 Å². The first kappa shape index (κ1) is 12.4. The molecule has 0 aliphatic rings. The molecule has 0 aromatic carbocycles.